The zero-order valence-electron chi connectivity index (χ0n) is 8.11. The summed E-state index contributed by atoms with van der Waals surface area (Å²) in [5.74, 6) is 0.584. The topological polar surface area (TPSA) is 68.0 Å². The zero-order chi connectivity index (χ0) is 10.9. The Morgan fingerprint density at radius 2 is 2.13 bits per heavy atom. The van der Waals surface area contributed by atoms with E-state index in [9.17, 15) is 9.46 Å². The van der Waals surface area contributed by atoms with Crippen molar-refractivity contribution in [1.29, 1.82) is 0 Å². The molecule has 0 bridgehead atoms. The van der Waals surface area contributed by atoms with E-state index in [0.29, 0.717) is 5.82 Å². The lowest BCUT2D eigenvalue weighted by Gasteiger charge is -2.08. The molecule has 0 aliphatic rings. The normalized spacial score (nSPS) is 14.8. The van der Waals surface area contributed by atoms with Crippen molar-refractivity contribution >= 4 is 12.9 Å². The van der Waals surface area contributed by atoms with Gasteiger partial charge in [0.05, 0.1) is 0 Å². The van der Waals surface area contributed by atoms with Gasteiger partial charge < -0.3 is 4.89 Å². The SMILES string of the molecule is CP(=O)(O)c1nccn1-c1ccccn1. The number of nitrogens with zero attached hydrogens (tertiary/aromatic N) is 3. The van der Waals surface area contributed by atoms with E-state index in [0.717, 1.165) is 0 Å². The molecule has 78 valence electrons. The van der Waals surface area contributed by atoms with E-state index < -0.39 is 7.37 Å². The highest BCUT2D eigenvalue weighted by atomic mass is 31.2. The van der Waals surface area contributed by atoms with Crippen molar-refractivity contribution in [2.45, 2.75) is 0 Å². The van der Waals surface area contributed by atoms with Gasteiger partial charge >= 0.3 is 0 Å². The van der Waals surface area contributed by atoms with Crippen LogP contribution in [-0.4, -0.2) is 26.1 Å². The lowest BCUT2D eigenvalue weighted by Crippen LogP contribution is -2.17. The van der Waals surface area contributed by atoms with Crippen molar-refractivity contribution in [3.05, 3.63) is 36.8 Å². The number of hydrogen-bond donors (Lipinski definition) is 1. The number of rotatable bonds is 2. The highest BCUT2D eigenvalue weighted by Gasteiger charge is 2.21. The first-order chi connectivity index (χ1) is 7.09. The maximum Gasteiger partial charge on any atom is 0.261 e. The third-order valence-corrected chi connectivity index (χ3v) is 2.96. The fourth-order valence-corrected chi connectivity index (χ4v) is 2.13. The second-order valence-corrected chi connectivity index (χ2v) is 5.32. The summed E-state index contributed by atoms with van der Waals surface area (Å²) >= 11 is 0. The molecular weight excluding hydrogens is 213 g/mol. The highest BCUT2D eigenvalue weighted by molar-refractivity contribution is 7.64. The van der Waals surface area contributed by atoms with Gasteiger partial charge in [-0.2, -0.15) is 0 Å². The van der Waals surface area contributed by atoms with Crippen LogP contribution in [0.15, 0.2) is 36.8 Å². The van der Waals surface area contributed by atoms with Gasteiger partial charge in [-0.1, -0.05) is 6.07 Å². The van der Waals surface area contributed by atoms with Crippen LogP contribution in [0.4, 0.5) is 0 Å². The van der Waals surface area contributed by atoms with Crippen LogP contribution in [0.3, 0.4) is 0 Å². The molecule has 6 heteroatoms. The van der Waals surface area contributed by atoms with Crippen molar-refractivity contribution in [3.63, 3.8) is 0 Å². The van der Waals surface area contributed by atoms with Crippen molar-refractivity contribution in [1.82, 2.24) is 14.5 Å². The van der Waals surface area contributed by atoms with E-state index >= 15 is 0 Å². The first-order valence-corrected chi connectivity index (χ1v) is 6.45. The van der Waals surface area contributed by atoms with E-state index in [-0.39, 0.29) is 5.57 Å². The third kappa shape index (κ3) is 1.98. The Hall–Kier alpha value is -1.45. The molecule has 2 rings (SSSR count). The maximum absolute atomic E-state index is 11.5. The van der Waals surface area contributed by atoms with Crippen molar-refractivity contribution in [2.75, 3.05) is 6.66 Å². The number of imidazole rings is 1. The van der Waals surface area contributed by atoms with Crippen LogP contribution >= 0.6 is 7.37 Å². The van der Waals surface area contributed by atoms with Gasteiger partial charge in [0.15, 0.2) is 0 Å². The van der Waals surface area contributed by atoms with E-state index in [2.05, 4.69) is 9.97 Å². The molecule has 2 aromatic heterocycles. The fraction of sp³-hybridized carbons (Fsp3) is 0.111. The molecule has 0 saturated heterocycles. The average Bonchev–Trinajstić information content (AvgIpc) is 2.67. The fourth-order valence-electron chi connectivity index (χ4n) is 1.28. The summed E-state index contributed by atoms with van der Waals surface area (Å²) in [7, 11) is -3.36. The van der Waals surface area contributed by atoms with Gasteiger partial charge in [-0.05, 0) is 12.1 Å². The second kappa shape index (κ2) is 3.61. The van der Waals surface area contributed by atoms with E-state index in [4.69, 9.17) is 0 Å². The van der Waals surface area contributed by atoms with Crippen molar-refractivity contribution in [3.8, 4) is 5.82 Å². The van der Waals surface area contributed by atoms with Gasteiger partial charge in [-0.25, -0.2) is 9.97 Å². The molecule has 0 radical (unpaired) electrons. The lowest BCUT2D eigenvalue weighted by molar-refractivity contribution is 0.494. The van der Waals surface area contributed by atoms with Crippen molar-refractivity contribution < 1.29 is 9.46 Å². The van der Waals surface area contributed by atoms with Crippen LogP contribution in [-0.2, 0) is 4.57 Å². The molecule has 2 aromatic rings. The number of aromatic nitrogens is 3. The number of pyridine rings is 1. The van der Waals surface area contributed by atoms with Crippen molar-refractivity contribution in [2.24, 2.45) is 0 Å². The largest absolute Gasteiger partial charge is 0.339 e. The zero-order valence-corrected chi connectivity index (χ0v) is 9.00. The Morgan fingerprint density at radius 1 is 1.33 bits per heavy atom. The summed E-state index contributed by atoms with van der Waals surface area (Å²) in [6.07, 6.45) is 4.72. The van der Waals surface area contributed by atoms with Crippen LogP contribution in [0.5, 0.6) is 0 Å². The Kier molecular flexibility index (Phi) is 2.42. The van der Waals surface area contributed by atoms with Gasteiger partial charge in [-0.3, -0.25) is 9.13 Å². The summed E-state index contributed by atoms with van der Waals surface area (Å²) in [5, 5.41) is 0. The second-order valence-electron chi connectivity index (χ2n) is 3.16. The van der Waals surface area contributed by atoms with E-state index in [1.807, 2.05) is 6.07 Å². The van der Waals surface area contributed by atoms with Crippen LogP contribution in [0.25, 0.3) is 5.82 Å². The Bertz CT molecular complexity index is 503. The summed E-state index contributed by atoms with van der Waals surface area (Å²) in [5.41, 5.74) is 0.140. The predicted molar refractivity (Wildman–Crippen MR) is 56.7 cm³/mol. The first kappa shape index (κ1) is 10.1. The van der Waals surface area contributed by atoms with Gasteiger partial charge in [0, 0.05) is 25.3 Å². The first-order valence-electron chi connectivity index (χ1n) is 4.34. The lowest BCUT2D eigenvalue weighted by atomic mass is 10.5. The molecular formula is C9H10N3O2P. The molecule has 0 aliphatic carbocycles. The molecule has 2 heterocycles. The quantitative estimate of drug-likeness (QED) is 0.764. The smallest absolute Gasteiger partial charge is 0.261 e. The van der Waals surface area contributed by atoms with Gasteiger partial charge in [0.25, 0.3) is 7.37 Å². The minimum atomic E-state index is -3.36. The Morgan fingerprint density at radius 3 is 2.73 bits per heavy atom. The third-order valence-electron chi connectivity index (χ3n) is 1.89. The molecule has 0 aromatic carbocycles. The summed E-state index contributed by atoms with van der Waals surface area (Å²) in [6.45, 7) is 1.26. The maximum atomic E-state index is 11.5. The molecule has 5 nitrogen and oxygen atoms in total. The highest BCUT2D eigenvalue weighted by Crippen LogP contribution is 2.33. The summed E-state index contributed by atoms with van der Waals surface area (Å²) < 4.78 is 13.0. The minimum absolute atomic E-state index is 0.140. The van der Waals surface area contributed by atoms with Crippen LogP contribution in [0, 0.1) is 0 Å². The summed E-state index contributed by atoms with van der Waals surface area (Å²) in [6, 6.07) is 5.34. The molecule has 0 saturated carbocycles. The summed E-state index contributed by atoms with van der Waals surface area (Å²) in [4.78, 5) is 17.4. The van der Waals surface area contributed by atoms with Crippen LogP contribution in [0.1, 0.15) is 0 Å². The Balaban J connectivity index is 2.56. The molecule has 15 heavy (non-hydrogen) atoms. The van der Waals surface area contributed by atoms with E-state index in [1.54, 1.807) is 24.5 Å². The molecule has 1 unspecified atom stereocenters. The predicted octanol–water partition coefficient (Wildman–Crippen LogP) is 0.793. The average molecular weight is 223 g/mol. The molecule has 0 amide bonds. The molecule has 0 fully saturated rings. The monoisotopic (exact) mass is 223 g/mol. The van der Waals surface area contributed by atoms with E-state index in [1.165, 1.54) is 17.4 Å². The minimum Gasteiger partial charge on any atom is -0.339 e. The standard InChI is InChI=1S/C9H10N3O2P/c1-15(13,14)9-11-6-7-12(9)8-4-2-3-5-10-8/h2-7H,1H3,(H,13,14). The van der Waals surface area contributed by atoms with Crippen LogP contribution in [0.2, 0.25) is 0 Å². The van der Waals surface area contributed by atoms with Gasteiger partial charge in [0.1, 0.15) is 5.82 Å². The molecule has 1 N–H and O–H groups in total. The van der Waals surface area contributed by atoms with Crippen LogP contribution < -0.4 is 5.57 Å². The molecule has 0 spiro atoms. The number of hydrogen-bond acceptors (Lipinski definition) is 3. The van der Waals surface area contributed by atoms with Gasteiger partial charge in [-0.15, -0.1) is 0 Å². The Labute approximate surface area is 86.9 Å². The molecule has 1 atom stereocenters. The molecule has 0 aliphatic heterocycles. The van der Waals surface area contributed by atoms with Gasteiger partial charge in [0.2, 0.25) is 5.57 Å².